The number of carbonyl (C=O) groups is 1. The summed E-state index contributed by atoms with van der Waals surface area (Å²) in [7, 11) is 0. The Morgan fingerprint density at radius 1 is 1.12 bits per heavy atom. The molecule has 3 heterocycles. The van der Waals surface area contributed by atoms with Gasteiger partial charge in [-0.25, -0.2) is 18.2 Å². The molecule has 6 rings (SSSR count). The first-order valence-electron chi connectivity index (χ1n) is 12.7. The van der Waals surface area contributed by atoms with E-state index in [9.17, 15) is 18.0 Å². The third-order valence-electron chi connectivity index (χ3n) is 7.41. The number of H-pyrrole nitrogens is 2. The van der Waals surface area contributed by atoms with Crippen LogP contribution in [0, 0.1) is 17.5 Å². The number of nitrogens with one attached hydrogen (secondary N) is 2. The molecule has 0 spiro atoms. The van der Waals surface area contributed by atoms with Gasteiger partial charge in [0.05, 0.1) is 23.4 Å². The molecule has 40 heavy (non-hydrogen) atoms. The number of nitrogens with zero attached hydrogens (tertiary/aromatic N) is 1. The van der Waals surface area contributed by atoms with Crippen LogP contribution in [0.2, 0.25) is 0 Å². The highest BCUT2D eigenvalue weighted by Crippen LogP contribution is 2.45. The monoisotopic (exact) mass is 547 g/mol. The highest BCUT2D eigenvalue weighted by atomic mass is 19.1. The van der Waals surface area contributed by atoms with E-state index < -0.39 is 34.6 Å². The van der Waals surface area contributed by atoms with Crippen molar-refractivity contribution in [3.8, 4) is 28.6 Å². The summed E-state index contributed by atoms with van der Waals surface area (Å²) in [5.41, 5.74) is 2.08. The summed E-state index contributed by atoms with van der Waals surface area (Å²) in [5, 5.41) is 9.29. The molecule has 1 aliphatic heterocycles. The van der Waals surface area contributed by atoms with Crippen molar-refractivity contribution in [2.45, 2.75) is 31.6 Å². The Hall–Kier alpha value is -4.73. The molecule has 3 N–H and O–H groups in total. The van der Waals surface area contributed by atoms with Gasteiger partial charge in [-0.1, -0.05) is 18.2 Å². The van der Waals surface area contributed by atoms with Gasteiger partial charge in [0.15, 0.2) is 17.4 Å². The second-order valence-electron chi connectivity index (χ2n) is 9.94. The molecule has 0 amide bonds. The summed E-state index contributed by atoms with van der Waals surface area (Å²) >= 11 is 0. The number of halogens is 3. The lowest BCUT2D eigenvalue weighted by Crippen LogP contribution is -2.32. The first-order chi connectivity index (χ1) is 19.2. The molecule has 0 fully saturated rings. The molecule has 0 saturated carbocycles. The number of hydrogen-bond donors (Lipinski definition) is 3. The fraction of sp³-hybridized carbons (Fsp3) is 0.200. The predicted octanol–water partition coefficient (Wildman–Crippen LogP) is 6.87. The summed E-state index contributed by atoms with van der Waals surface area (Å²) in [6.45, 7) is 2.41. The summed E-state index contributed by atoms with van der Waals surface area (Å²) < 4.78 is 56.0. The van der Waals surface area contributed by atoms with Gasteiger partial charge in [0.25, 0.3) is 0 Å². The number of hydrogen-bond acceptors (Lipinski definition) is 4. The molecule has 2 aromatic heterocycles. The summed E-state index contributed by atoms with van der Waals surface area (Å²) in [6.07, 6.45) is 4.10. The quantitative estimate of drug-likeness (QED) is 0.206. The van der Waals surface area contributed by atoms with Crippen molar-refractivity contribution in [1.82, 2.24) is 15.0 Å². The number of aromatic amines is 2. The maximum atomic E-state index is 15.0. The van der Waals surface area contributed by atoms with Crippen molar-refractivity contribution >= 4 is 16.9 Å². The van der Waals surface area contributed by atoms with Gasteiger partial charge in [-0.3, -0.25) is 4.79 Å². The van der Waals surface area contributed by atoms with Crippen molar-refractivity contribution in [3.05, 3.63) is 95.2 Å². The summed E-state index contributed by atoms with van der Waals surface area (Å²) in [6, 6.07) is 12.0. The van der Waals surface area contributed by atoms with Gasteiger partial charge in [0.2, 0.25) is 0 Å². The SMILES string of the molecule is C[C@]1(c2c[nH]c(-c3cc(Oc4c(F)cc5[nH]ccc5c4F)ccc3F)n2)CCOc2c(CCC(=O)O)cccc21. The highest BCUT2D eigenvalue weighted by molar-refractivity contribution is 5.82. The van der Waals surface area contributed by atoms with Crippen LogP contribution in [-0.2, 0) is 16.6 Å². The van der Waals surface area contributed by atoms with Crippen molar-refractivity contribution in [1.29, 1.82) is 0 Å². The lowest BCUT2D eigenvalue weighted by molar-refractivity contribution is -0.136. The minimum absolute atomic E-state index is 0.0202. The molecule has 7 nitrogen and oxygen atoms in total. The zero-order chi connectivity index (χ0) is 28.0. The first-order valence-corrected chi connectivity index (χ1v) is 12.7. The zero-order valence-electron chi connectivity index (χ0n) is 21.4. The summed E-state index contributed by atoms with van der Waals surface area (Å²) in [5.74, 6) is -2.93. The second-order valence-corrected chi connectivity index (χ2v) is 9.94. The third kappa shape index (κ3) is 4.35. The largest absolute Gasteiger partial charge is 0.493 e. The van der Waals surface area contributed by atoms with E-state index in [2.05, 4.69) is 9.97 Å². The van der Waals surface area contributed by atoms with Crippen LogP contribution in [0.4, 0.5) is 13.2 Å². The van der Waals surface area contributed by atoms with Crippen LogP contribution in [0.1, 0.15) is 36.6 Å². The number of fused-ring (bicyclic) bond motifs is 2. The van der Waals surface area contributed by atoms with E-state index in [-0.39, 0.29) is 28.9 Å². The van der Waals surface area contributed by atoms with Gasteiger partial charge in [0, 0.05) is 41.2 Å². The fourth-order valence-corrected chi connectivity index (χ4v) is 5.20. The first kappa shape index (κ1) is 25.5. The number of para-hydroxylation sites is 1. The number of carboxylic acids is 1. The lowest BCUT2D eigenvalue weighted by atomic mass is 9.74. The predicted molar refractivity (Wildman–Crippen MR) is 141 cm³/mol. The molecule has 10 heteroatoms. The number of aromatic nitrogens is 3. The molecule has 204 valence electrons. The van der Waals surface area contributed by atoms with E-state index in [1.165, 1.54) is 24.4 Å². The van der Waals surface area contributed by atoms with Crippen LogP contribution in [0.15, 0.2) is 60.9 Å². The summed E-state index contributed by atoms with van der Waals surface area (Å²) in [4.78, 5) is 21.6. The maximum absolute atomic E-state index is 15.0. The van der Waals surface area contributed by atoms with E-state index >= 15 is 0 Å². The van der Waals surface area contributed by atoms with Crippen LogP contribution in [0.25, 0.3) is 22.3 Å². The van der Waals surface area contributed by atoms with Crippen molar-refractivity contribution < 1.29 is 32.5 Å². The molecule has 0 bridgehead atoms. The molecule has 0 radical (unpaired) electrons. The number of benzene rings is 3. The van der Waals surface area contributed by atoms with Gasteiger partial charge in [-0.05, 0) is 49.6 Å². The number of carboxylic acid groups (broad SMARTS) is 1. The topological polar surface area (TPSA) is 100 Å². The zero-order valence-corrected chi connectivity index (χ0v) is 21.4. The van der Waals surface area contributed by atoms with Crippen LogP contribution in [0.3, 0.4) is 0 Å². The van der Waals surface area contributed by atoms with E-state index in [0.717, 1.165) is 23.3 Å². The van der Waals surface area contributed by atoms with Crippen LogP contribution < -0.4 is 9.47 Å². The average molecular weight is 548 g/mol. The van der Waals surface area contributed by atoms with Gasteiger partial charge >= 0.3 is 5.97 Å². The highest BCUT2D eigenvalue weighted by Gasteiger charge is 2.38. The maximum Gasteiger partial charge on any atom is 0.303 e. The van der Waals surface area contributed by atoms with Gasteiger partial charge < -0.3 is 24.5 Å². The minimum atomic E-state index is -0.896. The molecular formula is C30H24F3N3O4. The van der Waals surface area contributed by atoms with Crippen LogP contribution >= 0.6 is 0 Å². The van der Waals surface area contributed by atoms with E-state index in [4.69, 9.17) is 19.6 Å². The Morgan fingerprint density at radius 2 is 1.98 bits per heavy atom. The Kier molecular flexibility index (Phi) is 6.25. The van der Waals surface area contributed by atoms with Crippen LogP contribution in [-0.4, -0.2) is 32.6 Å². The molecule has 0 saturated heterocycles. The van der Waals surface area contributed by atoms with Gasteiger partial charge in [0.1, 0.15) is 23.1 Å². The molecule has 1 atom stereocenters. The van der Waals surface area contributed by atoms with Crippen LogP contribution in [0.5, 0.6) is 17.2 Å². The molecule has 5 aromatic rings. The van der Waals surface area contributed by atoms with Crippen molar-refractivity contribution in [3.63, 3.8) is 0 Å². The average Bonchev–Trinajstić information content (AvgIpc) is 3.62. The lowest BCUT2D eigenvalue weighted by Gasteiger charge is -2.35. The van der Waals surface area contributed by atoms with Crippen molar-refractivity contribution in [2.24, 2.45) is 0 Å². The standard InChI is InChI=1S/C30H24F3N3O4/c1-30(10-12-39-27-16(5-8-25(37)38)3-2-4-20(27)30)24-15-35-29(36-24)19-13-17(6-7-21(19)31)40-28-22(32)14-23-18(26(28)33)9-11-34-23/h2-4,6-7,9,11,13-15,34H,5,8,10,12H2,1H3,(H,35,36)(H,37,38)/t30-/m0/s1. The normalized spacial score (nSPS) is 16.5. The third-order valence-corrected chi connectivity index (χ3v) is 7.41. The van der Waals surface area contributed by atoms with E-state index in [0.29, 0.717) is 36.4 Å². The van der Waals surface area contributed by atoms with Gasteiger partial charge in [-0.15, -0.1) is 0 Å². The van der Waals surface area contributed by atoms with E-state index in [1.54, 1.807) is 6.20 Å². The number of ether oxygens (including phenoxy) is 2. The smallest absolute Gasteiger partial charge is 0.303 e. The molecule has 0 aliphatic carbocycles. The molecule has 0 unspecified atom stereocenters. The number of aryl methyl sites for hydroxylation is 1. The second kappa shape index (κ2) is 9.78. The number of aliphatic carboxylic acids is 1. The molecular weight excluding hydrogens is 523 g/mol. The molecule has 3 aromatic carbocycles. The Bertz CT molecular complexity index is 1760. The number of rotatable bonds is 7. The number of imidazole rings is 1. The Morgan fingerprint density at radius 3 is 2.80 bits per heavy atom. The Balaban J connectivity index is 1.33. The van der Waals surface area contributed by atoms with E-state index in [1.807, 2.05) is 25.1 Å². The van der Waals surface area contributed by atoms with Crippen molar-refractivity contribution in [2.75, 3.05) is 6.61 Å². The molecule has 1 aliphatic rings. The Labute approximate surface area is 226 Å². The van der Waals surface area contributed by atoms with Gasteiger partial charge in [-0.2, -0.15) is 0 Å². The fourth-order valence-electron chi connectivity index (χ4n) is 5.20. The minimum Gasteiger partial charge on any atom is -0.493 e.